The number of rotatable bonds is 9. The number of carbonyl (C=O) groups excluding carboxylic acids is 1. The Balaban J connectivity index is 2.38. The molecule has 1 amide bonds. The van der Waals surface area contributed by atoms with Crippen molar-refractivity contribution in [2.24, 2.45) is 0 Å². The molecule has 0 saturated heterocycles. The lowest BCUT2D eigenvalue weighted by Crippen LogP contribution is -2.32. The van der Waals surface area contributed by atoms with E-state index in [9.17, 15) is 17.6 Å². The zero-order valence-corrected chi connectivity index (χ0v) is 12.7. The van der Waals surface area contributed by atoms with Crippen LogP contribution in [-0.2, 0) is 14.8 Å². The highest BCUT2D eigenvalue weighted by atomic mass is 32.2. The Kier molecular flexibility index (Phi) is 7.27. The van der Waals surface area contributed by atoms with E-state index in [4.69, 9.17) is 0 Å². The fourth-order valence-corrected chi connectivity index (χ4v) is 2.73. The molecule has 0 radical (unpaired) electrons. The number of carbonyl (C=O) groups is 1. The molecule has 0 unspecified atom stereocenters. The van der Waals surface area contributed by atoms with Crippen molar-refractivity contribution >= 4 is 15.9 Å². The monoisotopic (exact) mass is 317 g/mol. The predicted molar refractivity (Wildman–Crippen MR) is 77.8 cm³/mol. The zero-order chi connectivity index (χ0) is 15.7. The van der Waals surface area contributed by atoms with Crippen molar-refractivity contribution in [3.05, 3.63) is 30.1 Å². The Hall–Kier alpha value is -1.51. The minimum atomic E-state index is -3.93. The van der Waals surface area contributed by atoms with Crippen LogP contribution in [0.1, 0.15) is 12.8 Å². The predicted octanol–water partition coefficient (Wildman–Crippen LogP) is 0.220. The smallest absolute Gasteiger partial charge is 0.243 e. The lowest BCUT2D eigenvalue weighted by Gasteiger charge is -2.08. The van der Waals surface area contributed by atoms with Gasteiger partial charge in [0.25, 0.3) is 0 Å². The van der Waals surface area contributed by atoms with Crippen molar-refractivity contribution in [1.82, 2.24) is 15.4 Å². The van der Waals surface area contributed by atoms with E-state index in [1.807, 2.05) is 7.05 Å². The molecule has 0 bridgehead atoms. The first-order valence-corrected chi connectivity index (χ1v) is 8.11. The number of amides is 1. The zero-order valence-electron chi connectivity index (χ0n) is 11.9. The Bertz CT molecular complexity index is 564. The average Bonchev–Trinajstić information content (AvgIpc) is 2.44. The number of nitrogens with one attached hydrogen (secondary N) is 3. The Morgan fingerprint density at radius 2 is 1.90 bits per heavy atom. The fourth-order valence-electron chi connectivity index (χ4n) is 1.62. The van der Waals surface area contributed by atoms with Crippen molar-refractivity contribution in [3.8, 4) is 0 Å². The Morgan fingerprint density at radius 1 is 1.19 bits per heavy atom. The second-order valence-corrected chi connectivity index (χ2v) is 6.12. The van der Waals surface area contributed by atoms with E-state index in [1.54, 1.807) is 0 Å². The van der Waals surface area contributed by atoms with Crippen LogP contribution in [0.3, 0.4) is 0 Å². The summed E-state index contributed by atoms with van der Waals surface area (Å²) in [5, 5.41) is 5.62. The van der Waals surface area contributed by atoms with Crippen LogP contribution in [0.15, 0.2) is 29.2 Å². The molecule has 0 aliphatic heterocycles. The molecule has 8 heteroatoms. The molecule has 0 aliphatic carbocycles. The molecular formula is C13H20FN3O3S. The molecule has 6 nitrogen and oxygen atoms in total. The van der Waals surface area contributed by atoms with Gasteiger partial charge in [-0.3, -0.25) is 4.79 Å². The van der Waals surface area contributed by atoms with Crippen molar-refractivity contribution in [1.29, 1.82) is 0 Å². The summed E-state index contributed by atoms with van der Waals surface area (Å²) in [6, 6.07) is 5.09. The maximum absolute atomic E-state index is 13.4. The molecular weight excluding hydrogens is 297 g/mol. The third-order valence-corrected chi connectivity index (χ3v) is 4.19. The van der Waals surface area contributed by atoms with Gasteiger partial charge < -0.3 is 10.6 Å². The lowest BCUT2D eigenvalue weighted by molar-refractivity contribution is -0.120. The minimum absolute atomic E-state index is 0.00718. The molecule has 0 aromatic heterocycles. The fraction of sp³-hybridized carbons (Fsp3) is 0.462. The Labute approximate surface area is 124 Å². The molecule has 1 aromatic rings. The maximum Gasteiger partial charge on any atom is 0.243 e. The molecule has 0 spiro atoms. The molecule has 0 aliphatic rings. The highest BCUT2D eigenvalue weighted by Gasteiger charge is 2.18. The van der Waals surface area contributed by atoms with E-state index >= 15 is 0 Å². The molecule has 0 heterocycles. The average molecular weight is 317 g/mol. The van der Waals surface area contributed by atoms with Crippen molar-refractivity contribution in [2.45, 2.75) is 17.7 Å². The quantitative estimate of drug-likeness (QED) is 0.569. The number of halogens is 1. The maximum atomic E-state index is 13.4. The molecule has 0 atom stereocenters. The lowest BCUT2D eigenvalue weighted by atomic mass is 10.3. The summed E-state index contributed by atoms with van der Waals surface area (Å²) >= 11 is 0. The van der Waals surface area contributed by atoms with Crippen LogP contribution >= 0.6 is 0 Å². The second-order valence-electron chi connectivity index (χ2n) is 4.39. The van der Waals surface area contributed by atoms with E-state index in [0.717, 1.165) is 19.0 Å². The number of benzene rings is 1. The highest BCUT2D eigenvalue weighted by Crippen LogP contribution is 2.12. The summed E-state index contributed by atoms with van der Waals surface area (Å²) in [6.45, 7) is 1.24. The summed E-state index contributed by atoms with van der Waals surface area (Å²) in [6.07, 6.45) is 0.802. The van der Waals surface area contributed by atoms with Crippen molar-refractivity contribution in [3.63, 3.8) is 0 Å². The van der Waals surface area contributed by atoms with Crippen LogP contribution in [0.4, 0.5) is 4.39 Å². The molecule has 1 rings (SSSR count). The van der Waals surface area contributed by atoms with Gasteiger partial charge in [-0.2, -0.15) is 0 Å². The van der Waals surface area contributed by atoms with Crippen LogP contribution in [-0.4, -0.2) is 41.0 Å². The molecule has 0 fully saturated rings. The summed E-state index contributed by atoms with van der Waals surface area (Å²) in [4.78, 5) is 11.0. The van der Waals surface area contributed by atoms with Gasteiger partial charge in [0.05, 0.1) is 0 Å². The first-order valence-electron chi connectivity index (χ1n) is 6.63. The topological polar surface area (TPSA) is 87.3 Å². The van der Waals surface area contributed by atoms with E-state index in [2.05, 4.69) is 15.4 Å². The van der Waals surface area contributed by atoms with Crippen molar-refractivity contribution in [2.75, 3.05) is 26.7 Å². The summed E-state index contributed by atoms with van der Waals surface area (Å²) in [5.41, 5.74) is 0. The van der Waals surface area contributed by atoms with E-state index in [0.29, 0.717) is 6.54 Å². The normalized spacial score (nSPS) is 11.3. The van der Waals surface area contributed by atoms with Gasteiger partial charge in [0, 0.05) is 19.5 Å². The van der Waals surface area contributed by atoms with Gasteiger partial charge in [0.15, 0.2) is 0 Å². The molecule has 118 valence electrons. The Morgan fingerprint density at radius 3 is 2.57 bits per heavy atom. The largest absolute Gasteiger partial charge is 0.356 e. The van der Waals surface area contributed by atoms with Gasteiger partial charge in [-0.15, -0.1) is 0 Å². The van der Waals surface area contributed by atoms with E-state index < -0.39 is 20.7 Å². The number of hydrogen-bond donors (Lipinski definition) is 3. The van der Waals surface area contributed by atoms with Gasteiger partial charge in [-0.05, 0) is 32.1 Å². The van der Waals surface area contributed by atoms with Gasteiger partial charge in [-0.25, -0.2) is 17.5 Å². The highest BCUT2D eigenvalue weighted by molar-refractivity contribution is 7.89. The first kappa shape index (κ1) is 17.5. The van der Waals surface area contributed by atoms with Gasteiger partial charge in [-0.1, -0.05) is 12.1 Å². The van der Waals surface area contributed by atoms with Crippen LogP contribution in [0.5, 0.6) is 0 Å². The third kappa shape index (κ3) is 6.19. The summed E-state index contributed by atoms with van der Waals surface area (Å²) in [5.74, 6) is -1.07. The van der Waals surface area contributed by atoms with Gasteiger partial charge in [0.1, 0.15) is 10.7 Å². The SMILES string of the molecule is CNCCCNC(=O)CCNS(=O)(=O)c1ccccc1F. The standard InChI is InChI=1S/C13H20FN3O3S/c1-15-8-4-9-16-13(18)7-10-17-21(19,20)12-6-3-2-5-11(12)14/h2-3,5-6,15,17H,4,7-10H2,1H3,(H,16,18). The van der Waals surface area contributed by atoms with Crippen LogP contribution in [0.25, 0.3) is 0 Å². The van der Waals surface area contributed by atoms with Crippen molar-refractivity contribution < 1.29 is 17.6 Å². The first-order chi connectivity index (χ1) is 9.97. The molecule has 0 saturated carbocycles. The van der Waals surface area contributed by atoms with E-state index in [-0.39, 0.29) is 18.9 Å². The molecule has 21 heavy (non-hydrogen) atoms. The van der Waals surface area contributed by atoms with Gasteiger partial charge in [0.2, 0.25) is 15.9 Å². The summed E-state index contributed by atoms with van der Waals surface area (Å²) in [7, 11) is -2.11. The second kappa shape index (κ2) is 8.71. The summed E-state index contributed by atoms with van der Waals surface area (Å²) < 4.78 is 39.3. The number of hydrogen-bond acceptors (Lipinski definition) is 4. The number of sulfonamides is 1. The van der Waals surface area contributed by atoms with Crippen LogP contribution < -0.4 is 15.4 Å². The van der Waals surface area contributed by atoms with Crippen LogP contribution in [0.2, 0.25) is 0 Å². The van der Waals surface area contributed by atoms with Gasteiger partial charge >= 0.3 is 0 Å². The van der Waals surface area contributed by atoms with Crippen LogP contribution in [0, 0.1) is 5.82 Å². The molecule has 1 aromatic carbocycles. The third-order valence-electron chi connectivity index (χ3n) is 2.70. The minimum Gasteiger partial charge on any atom is -0.356 e. The molecule has 3 N–H and O–H groups in total. The van der Waals surface area contributed by atoms with E-state index in [1.165, 1.54) is 18.2 Å².